The Morgan fingerprint density at radius 2 is 1.95 bits per heavy atom. The third-order valence-electron chi connectivity index (χ3n) is 3.70. The first-order chi connectivity index (χ1) is 10.0. The maximum atomic E-state index is 11.2. The number of rotatable bonds is 3. The highest BCUT2D eigenvalue weighted by molar-refractivity contribution is 5.93. The van der Waals surface area contributed by atoms with Gasteiger partial charge in [-0.3, -0.25) is 4.79 Å². The summed E-state index contributed by atoms with van der Waals surface area (Å²) in [4.78, 5) is 11.2. The number of nitrogen functional groups attached to an aromatic ring is 1. The van der Waals surface area contributed by atoms with Crippen LogP contribution in [0.3, 0.4) is 0 Å². The number of fused-ring (bicyclic) bond motifs is 1. The van der Waals surface area contributed by atoms with Crippen molar-refractivity contribution in [1.82, 2.24) is 4.57 Å². The summed E-state index contributed by atoms with van der Waals surface area (Å²) in [5, 5.41) is 1.20. The Bertz CT molecular complexity index is 833. The Morgan fingerprint density at radius 3 is 2.67 bits per heavy atom. The molecule has 1 amide bonds. The molecule has 4 N–H and O–H groups in total. The molecular formula is C17H17N3O. The van der Waals surface area contributed by atoms with Crippen LogP contribution in [0.2, 0.25) is 0 Å². The second-order valence-electron chi connectivity index (χ2n) is 5.28. The number of hydrogen-bond acceptors (Lipinski definition) is 2. The summed E-state index contributed by atoms with van der Waals surface area (Å²) < 4.78 is 2.15. The second kappa shape index (κ2) is 4.98. The molecule has 4 nitrogen and oxygen atoms in total. The summed E-state index contributed by atoms with van der Waals surface area (Å²) in [6, 6.07) is 13.7. The number of primary amides is 1. The first-order valence-electron chi connectivity index (χ1n) is 6.78. The predicted molar refractivity (Wildman–Crippen MR) is 85.1 cm³/mol. The van der Waals surface area contributed by atoms with Crippen LogP contribution in [0.5, 0.6) is 0 Å². The van der Waals surface area contributed by atoms with Crippen LogP contribution in [0.15, 0.2) is 48.7 Å². The number of carbonyl (C=O) groups excluding carboxylic acids is 1. The Labute approximate surface area is 123 Å². The number of anilines is 1. The van der Waals surface area contributed by atoms with E-state index in [-0.39, 0.29) is 0 Å². The van der Waals surface area contributed by atoms with Gasteiger partial charge in [0.1, 0.15) is 0 Å². The van der Waals surface area contributed by atoms with Crippen LogP contribution in [0.25, 0.3) is 10.9 Å². The van der Waals surface area contributed by atoms with E-state index in [0.29, 0.717) is 17.8 Å². The Kier molecular flexibility index (Phi) is 3.14. The van der Waals surface area contributed by atoms with Crippen LogP contribution in [0.4, 0.5) is 5.69 Å². The van der Waals surface area contributed by atoms with Crippen LogP contribution in [-0.4, -0.2) is 10.5 Å². The summed E-state index contributed by atoms with van der Waals surface area (Å²) in [6.07, 6.45) is 2.05. The minimum Gasteiger partial charge on any atom is -0.398 e. The molecule has 106 valence electrons. The van der Waals surface area contributed by atoms with Crippen LogP contribution in [-0.2, 0) is 6.54 Å². The smallest absolute Gasteiger partial charge is 0.248 e. The average molecular weight is 279 g/mol. The van der Waals surface area contributed by atoms with Crippen LogP contribution in [0, 0.1) is 6.92 Å². The van der Waals surface area contributed by atoms with Gasteiger partial charge < -0.3 is 16.0 Å². The first kappa shape index (κ1) is 13.2. The van der Waals surface area contributed by atoms with Gasteiger partial charge in [-0.15, -0.1) is 0 Å². The number of nitrogens with two attached hydrogens (primary N) is 2. The summed E-state index contributed by atoms with van der Waals surface area (Å²) in [5.41, 5.74) is 15.7. The molecule has 1 aromatic heterocycles. The summed E-state index contributed by atoms with van der Waals surface area (Å²) >= 11 is 0. The normalized spacial score (nSPS) is 10.9. The van der Waals surface area contributed by atoms with E-state index in [9.17, 15) is 4.79 Å². The Morgan fingerprint density at radius 1 is 1.14 bits per heavy atom. The zero-order chi connectivity index (χ0) is 15.0. The molecule has 0 aliphatic carbocycles. The van der Waals surface area contributed by atoms with Gasteiger partial charge in [-0.05, 0) is 47.7 Å². The molecule has 0 atom stereocenters. The lowest BCUT2D eigenvalue weighted by atomic mass is 10.1. The molecule has 0 saturated carbocycles. The molecule has 4 heteroatoms. The lowest BCUT2D eigenvalue weighted by Gasteiger charge is -2.10. The third-order valence-corrected chi connectivity index (χ3v) is 3.70. The molecule has 0 aliphatic rings. The monoisotopic (exact) mass is 279 g/mol. The van der Waals surface area contributed by atoms with Crippen molar-refractivity contribution < 1.29 is 4.79 Å². The van der Waals surface area contributed by atoms with E-state index in [0.717, 1.165) is 5.56 Å². The van der Waals surface area contributed by atoms with Crippen molar-refractivity contribution in [2.45, 2.75) is 13.5 Å². The minimum atomic E-state index is -0.463. The quantitative estimate of drug-likeness (QED) is 0.723. The van der Waals surface area contributed by atoms with E-state index in [1.807, 2.05) is 12.3 Å². The molecule has 3 rings (SSSR count). The fourth-order valence-corrected chi connectivity index (χ4v) is 2.51. The van der Waals surface area contributed by atoms with E-state index < -0.39 is 5.91 Å². The van der Waals surface area contributed by atoms with Gasteiger partial charge in [0, 0.05) is 29.5 Å². The molecule has 0 unspecified atom stereocenters. The van der Waals surface area contributed by atoms with Crippen molar-refractivity contribution in [2.24, 2.45) is 5.73 Å². The van der Waals surface area contributed by atoms with Crippen LogP contribution >= 0.6 is 0 Å². The number of aromatic nitrogens is 1. The van der Waals surface area contributed by atoms with E-state index >= 15 is 0 Å². The highest BCUT2D eigenvalue weighted by Gasteiger charge is 2.07. The minimum absolute atomic E-state index is 0.435. The number of hydrogen-bond donors (Lipinski definition) is 2. The molecule has 0 fully saturated rings. The van der Waals surface area contributed by atoms with Gasteiger partial charge in [-0.2, -0.15) is 0 Å². The van der Waals surface area contributed by atoms with E-state index in [2.05, 4.69) is 35.8 Å². The third kappa shape index (κ3) is 2.48. The standard InChI is InChI=1S/C17H17N3O/c1-11-2-3-12-6-7-20(16(12)8-11)10-14-5-4-13(17(19)21)9-15(14)18/h2-9H,10,18H2,1H3,(H2,19,21). The molecule has 3 aromatic rings. The highest BCUT2D eigenvalue weighted by atomic mass is 16.1. The molecule has 0 bridgehead atoms. The van der Waals surface area contributed by atoms with Crippen molar-refractivity contribution in [3.8, 4) is 0 Å². The maximum absolute atomic E-state index is 11.2. The maximum Gasteiger partial charge on any atom is 0.248 e. The SMILES string of the molecule is Cc1ccc2ccn(Cc3ccc(C(N)=O)cc3N)c2c1. The summed E-state index contributed by atoms with van der Waals surface area (Å²) in [6.45, 7) is 2.74. The molecule has 0 spiro atoms. The molecule has 0 saturated heterocycles. The number of nitrogens with zero attached hydrogens (tertiary/aromatic N) is 1. The molecular weight excluding hydrogens is 262 g/mol. The highest BCUT2D eigenvalue weighted by Crippen LogP contribution is 2.21. The van der Waals surface area contributed by atoms with Gasteiger partial charge in [-0.25, -0.2) is 0 Å². The van der Waals surface area contributed by atoms with E-state index in [1.54, 1.807) is 12.1 Å². The zero-order valence-corrected chi connectivity index (χ0v) is 11.8. The van der Waals surface area contributed by atoms with Gasteiger partial charge >= 0.3 is 0 Å². The lowest BCUT2D eigenvalue weighted by molar-refractivity contribution is 0.100. The Hall–Kier alpha value is -2.75. The topological polar surface area (TPSA) is 74.0 Å². The van der Waals surface area contributed by atoms with Crippen molar-refractivity contribution in [3.05, 3.63) is 65.4 Å². The lowest BCUT2D eigenvalue weighted by Crippen LogP contribution is -2.12. The zero-order valence-electron chi connectivity index (χ0n) is 11.8. The predicted octanol–water partition coefficient (Wildman–Crippen LogP) is 2.68. The van der Waals surface area contributed by atoms with Crippen molar-refractivity contribution >= 4 is 22.5 Å². The molecule has 0 radical (unpaired) electrons. The fraction of sp³-hybridized carbons (Fsp3) is 0.118. The number of carbonyl (C=O) groups is 1. The van der Waals surface area contributed by atoms with Gasteiger partial charge in [0.15, 0.2) is 0 Å². The average Bonchev–Trinajstić information content (AvgIpc) is 2.83. The second-order valence-corrected chi connectivity index (χ2v) is 5.28. The van der Waals surface area contributed by atoms with Gasteiger partial charge in [-0.1, -0.05) is 18.2 Å². The van der Waals surface area contributed by atoms with Gasteiger partial charge in [0.2, 0.25) is 5.91 Å². The van der Waals surface area contributed by atoms with Gasteiger partial charge in [0.05, 0.1) is 0 Å². The number of aryl methyl sites for hydroxylation is 1. The van der Waals surface area contributed by atoms with Crippen molar-refractivity contribution in [1.29, 1.82) is 0 Å². The van der Waals surface area contributed by atoms with Gasteiger partial charge in [0.25, 0.3) is 0 Å². The van der Waals surface area contributed by atoms with Crippen LogP contribution in [0.1, 0.15) is 21.5 Å². The Balaban J connectivity index is 1.99. The van der Waals surface area contributed by atoms with Crippen molar-refractivity contribution in [3.63, 3.8) is 0 Å². The fourth-order valence-electron chi connectivity index (χ4n) is 2.51. The first-order valence-corrected chi connectivity index (χ1v) is 6.78. The molecule has 1 heterocycles. The molecule has 2 aromatic carbocycles. The number of amides is 1. The summed E-state index contributed by atoms with van der Waals surface area (Å²) in [5.74, 6) is -0.463. The molecule has 21 heavy (non-hydrogen) atoms. The number of benzene rings is 2. The van der Waals surface area contributed by atoms with Crippen LogP contribution < -0.4 is 11.5 Å². The van der Waals surface area contributed by atoms with E-state index in [1.165, 1.54) is 16.5 Å². The largest absolute Gasteiger partial charge is 0.398 e. The van der Waals surface area contributed by atoms with Crippen molar-refractivity contribution in [2.75, 3.05) is 5.73 Å². The summed E-state index contributed by atoms with van der Waals surface area (Å²) in [7, 11) is 0. The molecule has 0 aliphatic heterocycles. The van der Waals surface area contributed by atoms with E-state index in [4.69, 9.17) is 11.5 Å².